The van der Waals surface area contributed by atoms with E-state index in [-0.39, 0.29) is 5.78 Å². The highest BCUT2D eigenvalue weighted by atomic mass is 35.5. The lowest BCUT2D eigenvalue weighted by Crippen LogP contribution is -2.04. The number of aryl methyl sites for hydroxylation is 1. The molecular weight excluding hydrogens is 299 g/mol. The normalized spacial score (nSPS) is 10.6. The molecule has 0 atom stereocenters. The fourth-order valence-electron chi connectivity index (χ4n) is 1.90. The summed E-state index contributed by atoms with van der Waals surface area (Å²) in [5.74, 6) is 0.187. The van der Waals surface area contributed by atoms with E-state index in [0.29, 0.717) is 22.9 Å². The van der Waals surface area contributed by atoms with Gasteiger partial charge in [-0.1, -0.05) is 35.3 Å². The molecule has 0 spiro atoms. The zero-order valence-electron chi connectivity index (χ0n) is 10.4. The van der Waals surface area contributed by atoms with E-state index in [9.17, 15) is 4.79 Å². The molecule has 0 aliphatic carbocycles. The van der Waals surface area contributed by atoms with Gasteiger partial charge in [-0.25, -0.2) is 0 Å². The molecule has 100 valence electrons. The van der Waals surface area contributed by atoms with E-state index < -0.39 is 0 Å². The highest BCUT2D eigenvalue weighted by Gasteiger charge is 2.10. The van der Waals surface area contributed by atoms with Crippen LogP contribution in [0.5, 0.6) is 0 Å². The molecule has 19 heavy (non-hydrogen) atoms. The third-order valence-corrected chi connectivity index (χ3v) is 4.54. The highest BCUT2D eigenvalue weighted by Crippen LogP contribution is 2.25. The third-order valence-electron chi connectivity index (χ3n) is 2.89. The van der Waals surface area contributed by atoms with Gasteiger partial charge in [0.15, 0.2) is 0 Å². The van der Waals surface area contributed by atoms with Crippen LogP contribution in [0.25, 0.3) is 0 Å². The fourth-order valence-corrected chi connectivity index (χ4v) is 3.18. The minimum atomic E-state index is 0.187. The van der Waals surface area contributed by atoms with Gasteiger partial charge in [-0.15, -0.1) is 11.3 Å². The van der Waals surface area contributed by atoms with E-state index in [1.54, 1.807) is 29.5 Å². The largest absolute Gasteiger partial charge is 0.299 e. The summed E-state index contributed by atoms with van der Waals surface area (Å²) in [5, 5.41) is 3.19. The molecule has 0 aliphatic rings. The molecule has 0 fully saturated rings. The summed E-state index contributed by atoms with van der Waals surface area (Å²) in [6, 6.07) is 9.45. The van der Waals surface area contributed by atoms with Gasteiger partial charge in [-0.2, -0.15) is 0 Å². The first-order valence-electron chi connectivity index (χ1n) is 6.14. The Kier molecular flexibility index (Phi) is 5.44. The lowest BCUT2D eigenvalue weighted by atomic mass is 10.0. The minimum Gasteiger partial charge on any atom is -0.299 e. The van der Waals surface area contributed by atoms with Crippen LogP contribution in [0.1, 0.15) is 23.3 Å². The zero-order chi connectivity index (χ0) is 13.7. The van der Waals surface area contributed by atoms with Crippen LogP contribution in [0.4, 0.5) is 0 Å². The predicted molar refractivity (Wildman–Crippen MR) is 82.4 cm³/mol. The maximum absolute atomic E-state index is 11.9. The Morgan fingerprint density at radius 2 is 1.84 bits per heavy atom. The maximum atomic E-state index is 11.9. The number of Topliss-reactive ketones (excluding diaryl/α,β-unsaturated/α-hetero) is 1. The van der Waals surface area contributed by atoms with Gasteiger partial charge in [0.1, 0.15) is 5.78 Å². The molecule has 2 aromatic rings. The molecule has 0 unspecified atom stereocenters. The molecule has 2 rings (SSSR count). The van der Waals surface area contributed by atoms with Crippen LogP contribution in [-0.2, 0) is 17.6 Å². The van der Waals surface area contributed by atoms with E-state index >= 15 is 0 Å². The first-order valence-corrected chi connectivity index (χ1v) is 7.77. The van der Waals surface area contributed by atoms with Crippen molar-refractivity contribution in [2.75, 3.05) is 0 Å². The van der Waals surface area contributed by atoms with E-state index in [0.717, 1.165) is 18.4 Å². The second-order valence-electron chi connectivity index (χ2n) is 4.35. The topological polar surface area (TPSA) is 17.1 Å². The third kappa shape index (κ3) is 4.34. The van der Waals surface area contributed by atoms with Crippen molar-refractivity contribution in [2.24, 2.45) is 0 Å². The van der Waals surface area contributed by atoms with Crippen molar-refractivity contribution in [3.8, 4) is 0 Å². The number of rotatable bonds is 6. The standard InChI is InChI=1S/C15H14Cl2OS/c16-14-7-2-8-15(17)13(14)10-11(18)4-1-5-12-6-3-9-19-12/h2-3,6-9H,1,4-5,10H2. The van der Waals surface area contributed by atoms with Crippen LogP contribution in [0.15, 0.2) is 35.7 Å². The number of hydrogen-bond donors (Lipinski definition) is 0. The van der Waals surface area contributed by atoms with Crippen molar-refractivity contribution in [1.82, 2.24) is 0 Å². The lowest BCUT2D eigenvalue weighted by Gasteiger charge is -2.06. The molecule has 1 heterocycles. The van der Waals surface area contributed by atoms with Crippen molar-refractivity contribution < 1.29 is 4.79 Å². The van der Waals surface area contributed by atoms with E-state index in [1.165, 1.54) is 4.88 Å². The number of hydrogen-bond acceptors (Lipinski definition) is 2. The first kappa shape index (κ1) is 14.6. The van der Waals surface area contributed by atoms with Crippen LogP contribution in [-0.4, -0.2) is 5.78 Å². The molecule has 0 amide bonds. The molecule has 4 heteroatoms. The molecule has 0 radical (unpaired) electrons. The Hall–Kier alpha value is -0.830. The van der Waals surface area contributed by atoms with Gasteiger partial charge in [0.2, 0.25) is 0 Å². The van der Waals surface area contributed by atoms with Gasteiger partial charge in [-0.3, -0.25) is 4.79 Å². The number of thiophene rings is 1. The number of carbonyl (C=O) groups is 1. The summed E-state index contributed by atoms with van der Waals surface area (Å²) >= 11 is 13.8. The van der Waals surface area contributed by atoms with E-state index in [2.05, 4.69) is 11.4 Å². The van der Waals surface area contributed by atoms with Crippen molar-refractivity contribution in [3.63, 3.8) is 0 Å². The molecule has 1 nitrogen and oxygen atoms in total. The number of benzene rings is 1. The summed E-state index contributed by atoms with van der Waals surface area (Å²) in [6.07, 6.45) is 2.73. The van der Waals surface area contributed by atoms with Gasteiger partial charge in [0.05, 0.1) is 0 Å². The molecule has 1 aromatic carbocycles. The van der Waals surface area contributed by atoms with Crippen LogP contribution in [0.2, 0.25) is 10.0 Å². The van der Waals surface area contributed by atoms with Crippen molar-refractivity contribution in [2.45, 2.75) is 25.7 Å². The molecule has 0 aliphatic heterocycles. The Labute approximate surface area is 127 Å². The van der Waals surface area contributed by atoms with Crippen molar-refractivity contribution >= 4 is 40.3 Å². The monoisotopic (exact) mass is 312 g/mol. The summed E-state index contributed by atoms with van der Waals surface area (Å²) in [7, 11) is 0. The maximum Gasteiger partial charge on any atom is 0.137 e. The Morgan fingerprint density at radius 3 is 2.47 bits per heavy atom. The van der Waals surface area contributed by atoms with Crippen LogP contribution < -0.4 is 0 Å². The van der Waals surface area contributed by atoms with Crippen LogP contribution in [0.3, 0.4) is 0 Å². The minimum absolute atomic E-state index is 0.187. The molecule has 0 saturated carbocycles. The second-order valence-corrected chi connectivity index (χ2v) is 6.20. The average Bonchev–Trinajstić information content (AvgIpc) is 2.87. The zero-order valence-corrected chi connectivity index (χ0v) is 12.7. The van der Waals surface area contributed by atoms with Gasteiger partial charge >= 0.3 is 0 Å². The Bertz CT molecular complexity index is 529. The average molecular weight is 313 g/mol. The second kappa shape index (κ2) is 7.09. The highest BCUT2D eigenvalue weighted by molar-refractivity contribution is 7.09. The quantitative estimate of drug-likeness (QED) is 0.717. The first-order chi connectivity index (χ1) is 9.16. The molecule has 0 N–H and O–H groups in total. The summed E-state index contributed by atoms with van der Waals surface area (Å²) < 4.78 is 0. The van der Waals surface area contributed by atoms with Gasteiger partial charge in [0, 0.05) is 27.8 Å². The smallest absolute Gasteiger partial charge is 0.137 e. The Balaban J connectivity index is 1.84. The van der Waals surface area contributed by atoms with Gasteiger partial charge in [0.25, 0.3) is 0 Å². The Morgan fingerprint density at radius 1 is 1.11 bits per heavy atom. The van der Waals surface area contributed by atoms with Crippen LogP contribution in [0, 0.1) is 0 Å². The van der Waals surface area contributed by atoms with Crippen molar-refractivity contribution in [1.29, 1.82) is 0 Å². The predicted octanol–water partition coefficient (Wildman–Crippen LogP) is 5.19. The molecule has 0 saturated heterocycles. The fraction of sp³-hybridized carbons (Fsp3) is 0.267. The summed E-state index contributed by atoms with van der Waals surface area (Å²) in [6.45, 7) is 0. The molecule has 1 aromatic heterocycles. The van der Waals surface area contributed by atoms with E-state index in [1.807, 2.05) is 6.07 Å². The lowest BCUT2D eigenvalue weighted by molar-refractivity contribution is -0.118. The molecular formula is C15H14Cl2OS. The molecule has 0 bridgehead atoms. The SMILES string of the molecule is O=C(CCCc1cccs1)Cc1c(Cl)cccc1Cl. The number of ketones is 1. The number of halogens is 2. The summed E-state index contributed by atoms with van der Waals surface area (Å²) in [4.78, 5) is 13.3. The van der Waals surface area contributed by atoms with Crippen molar-refractivity contribution in [3.05, 3.63) is 56.2 Å². The number of carbonyl (C=O) groups excluding carboxylic acids is 1. The van der Waals surface area contributed by atoms with Gasteiger partial charge in [-0.05, 0) is 42.0 Å². The van der Waals surface area contributed by atoms with Crippen LogP contribution >= 0.6 is 34.5 Å². The van der Waals surface area contributed by atoms with E-state index in [4.69, 9.17) is 23.2 Å². The van der Waals surface area contributed by atoms with Gasteiger partial charge < -0.3 is 0 Å². The summed E-state index contributed by atoms with van der Waals surface area (Å²) in [5.41, 5.74) is 0.743.